The Balaban J connectivity index is 2.72. The quantitative estimate of drug-likeness (QED) is 0.608. The Morgan fingerprint density at radius 3 is 2.55 bits per heavy atom. The molecule has 3 nitrogen and oxygen atoms in total. The van der Waals surface area contributed by atoms with Crippen molar-refractivity contribution < 1.29 is 9.53 Å². The van der Waals surface area contributed by atoms with Gasteiger partial charge in [-0.1, -0.05) is 41.9 Å². The highest BCUT2D eigenvalue weighted by molar-refractivity contribution is 9.10. The summed E-state index contributed by atoms with van der Waals surface area (Å²) in [6.45, 7) is 5.47. The van der Waals surface area contributed by atoms with Crippen molar-refractivity contribution in [3.05, 3.63) is 40.4 Å². The average molecular weight is 340 g/mol. The van der Waals surface area contributed by atoms with Crippen LogP contribution < -0.4 is 5.32 Å². The Labute approximate surface area is 129 Å². The zero-order valence-corrected chi connectivity index (χ0v) is 13.9. The molecule has 0 aliphatic rings. The molecule has 1 aromatic carbocycles. The van der Waals surface area contributed by atoms with Crippen molar-refractivity contribution in [3.63, 3.8) is 0 Å². The lowest BCUT2D eigenvalue weighted by Gasteiger charge is -2.12. The lowest BCUT2D eigenvalue weighted by atomic mass is 9.95. The summed E-state index contributed by atoms with van der Waals surface area (Å²) in [4.78, 5) is 11.9. The van der Waals surface area contributed by atoms with E-state index in [1.165, 1.54) is 0 Å². The predicted molar refractivity (Wildman–Crippen MR) is 86.5 cm³/mol. The number of allylic oxidation sites excluding steroid dienone is 1. The van der Waals surface area contributed by atoms with Crippen molar-refractivity contribution in [1.29, 1.82) is 0 Å². The summed E-state index contributed by atoms with van der Waals surface area (Å²) in [6, 6.07) is 8.02. The summed E-state index contributed by atoms with van der Waals surface area (Å²) < 4.78 is 5.99. The van der Waals surface area contributed by atoms with E-state index in [2.05, 4.69) is 35.1 Å². The molecule has 0 heterocycles. The van der Waals surface area contributed by atoms with E-state index in [0.29, 0.717) is 19.1 Å². The minimum Gasteiger partial charge on any atom is -0.385 e. The monoisotopic (exact) mass is 339 g/mol. The molecule has 0 radical (unpaired) electrons. The minimum absolute atomic E-state index is 0.0484. The number of amides is 1. The zero-order chi connectivity index (χ0) is 15.0. The van der Waals surface area contributed by atoms with E-state index in [0.717, 1.165) is 22.0 Å². The molecule has 0 saturated carbocycles. The smallest absolute Gasteiger partial charge is 0.244 e. The van der Waals surface area contributed by atoms with E-state index >= 15 is 0 Å². The summed E-state index contributed by atoms with van der Waals surface area (Å²) in [7, 11) is 1.66. The van der Waals surface area contributed by atoms with Gasteiger partial charge in [0.05, 0.1) is 0 Å². The van der Waals surface area contributed by atoms with Crippen LogP contribution >= 0.6 is 15.9 Å². The molecule has 1 N–H and O–H groups in total. The van der Waals surface area contributed by atoms with Crippen LogP contribution in [0, 0.1) is 5.92 Å². The van der Waals surface area contributed by atoms with Crippen molar-refractivity contribution in [1.82, 2.24) is 5.32 Å². The highest BCUT2D eigenvalue weighted by Gasteiger charge is 2.09. The van der Waals surface area contributed by atoms with E-state index in [1.807, 2.05) is 24.3 Å². The first-order valence-corrected chi connectivity index (χ1v) is 7.58. The Morgan fingerprint density at radius 1 is 1.35 bits per heavy atom. The minimum atomic E-state index is -0.0484. The molecule has 0 atom stereocenters. The van der Waals surface area contributed by atoms with Gasteiger partial charge in [0.25, 0.3) is 0 Å². The number of hydrogen-bond donors (Lipinski definition) is 1. The largest absolute Gasteiger partial charge is 0.385 e. The van der Waals surface area contributed by atoms with Crippen LogP contribution in [0.15, 0.2) is 34.8 Å². The van der Waals surface area contributed by atoms with Gasteiger partial charge in [0.2, 0.25) is 5.91 Å². The zero-order valence-electron chi connectivity index (χ0n) is 12.3. The maximum atomic E-state index is 11.9. The van der Waals surface area contributed by atoms with E-state index in [4.69, 9.17) is 4.74 Å². The fraction of sp³-hybridized carbons (Fsp3) is 0.438. The highest BCUT2D eigenvalue weighted by atomic mass is 79.9. The summed E-state index contributed by atoms with van der Waals surface area (Å²) in [5.41, 5.74) is 2.12. The summed E-state index contributed by atoms with van der Waals surface area (Å²) in [5.74, 6) is 0.244. The molecule has 0 bridgehead atoms. The van der Waals surface area contributed by atoms with Gasteiger partial charge in [0, 0.05) is 30.8 Å². The molecular weight excluding hydrogens is 318 g/mol. The fourth-order valence-corrected chi connectivity index (χ4v) is 2.11. The predicted octanol–water partition coefficient (Wildman–Crippen LogP) is 3.64. The lowest BCUT2D eigenvalue weighted by molar-refractivity contribution is -0.116. The van der Waals surface area contributed by atoms with Crippen molar-refractivity contribution in [2.24, 2.45) is 5.92 Å². The topological polar surface area (TPSA) is 38.3 Å². The van der Waals surface area contributed by atoms with Gasteiger partial charge in [-0.3, -0.25) is 4.79 Å². The molecule has 110 valence electrons. The second-order valence-corrected chi connectivity index (χ2v) is 5.81. The van der Waals surface area contributed by atoms with Gasteiger partial charge < -0.3 is 10.1 Å². The van der Waals surface area contributed by atoms with Crippen molar-refractivity contribution in [2.75, 3.05) is 20.3 Å². The van der Waals surface area contributed by atoms with Gasteiger partial charge in [-0.25, -0.2) is 0 Å². The van der Waals surface area contributed by atoms with Gasteiger partial charge in [-0.15, -0.1) is 0 Å². The second kappa shape index (κ2) is 8.93. The van der Waals surface area contributed by atoms with Crippen LogP contribution in [0.4, 0.5) is 0 Å². The number of ether oxygens (including phenoxy) is 1. The number of nitrogens with one attached hydrogen (secondary N) is 1. The summed E-state index contributed by atoms with van der Waals surface area (Å²) >= 11 is 3.42. The Bertz CT molecular complexity index is 452. The van der Waals surface area contributed by atoms with Gasteiger partial charge in [0.15, 0.2) is 0 Å². The number of rotatable bonds is 7. The molecular formula is C16H22BrNO2. The van der Waals surface area contributed by atoms with E-state index in [-0.39, 0.29) is 5.91 Å². The van der Waals surface area contributed by atoms with Crippen LogP contribution in [0.3, 0.4) is 0 Å². The Morgan fingerprint density at radius 2 is 2.00 bits per heavy atom. The van der Waals surface area contributed by atoms with Crippen molar-refractivity contribution in [3.8, 4) is 0 Å². The molecule has 0 fully saturated rings. The average Bonchev–Trinajstić information content (AvgIpc) is 2.42. The molecule has 0 aromatic heterocycles. The van der Waals surface area contributed by atoms with Gasteiger partial charge in [0.1, 0.15) is 0 Å². The van der Waals surface area contributed by atoms with Crippen LogP contribution in [0.25, 0.3) is 5.57 Å². The van der Waals surface area contributed by atoms with Crippen molar-refractivity contribution >= 4 is 27.4 Å². The molecule has 0 saturated heterocycles. The molecule has 0 unspecified atom stereocenters. The maximum absolute atomic E-state index is 11.9. The molecule has 0 aliphatic carbocycles. The molecule has 1 aromatic rings. The Kier molecular flexibility index (Phi) is 7.55. The first-order chi connectivity index (χ1) is 9.54. The van der Waals surface area contributed by atoms with Crippen LogP contribution in [0.5, 0.6) is 0 Å². The third kappa shape index (κ3) is 5.88. The molecule has 1 rings (SSSR count). The SMILES string of the molecule is COCCCNC(=O)/C=C(/c1ccc(Br)cc1)C(C)C. The van der Waals surface area contributed by atoms with Crippen LogP contribution in [-0.2, 0) is 9.53 Å². The number of carbonyl (C=O) groups excluding carboxylic acids is 1. The number of carbonyl (C=O) groups is 1. The van der Waals surface area contributed by atoms with E-state index < -0.39 is 0 Å². The van der Waals surface area contributed by atoms with E-state index in [1.54, 1.807) is 13.2 Å². The number of hydrogen-bond acceptors (Lipinski definition) is 2. The third-order valence-electron chi connectivity index (χ3n) is 2.91. The maximum Gasteiger partial charge on any atom is 0.244 e. The Hall–Kier alpha value is -1.13. The first kappa shape index (κ1) is 16.9. The number of halogens is 1. The first-order valence-electron chi connectivity index (χ1n) is 6.79. The van der Waals surface area contributed by atoms with Crippen LogP contribution in [0.1, 0.15) is 25.8 Å². The molecule has 0 aliphatic heterocycles. The fourth-order valence-electron chi connectivity index (χ4n) is 1.85. The van der Waals surface area contributed by atoms with E-state index in [9.17, 15) is 4.79 Å². The normalized spacial score (nSPS) is 11.8. The van der Waals surface area contributed by atoms with Crippen LogP contribution in [0.2, 0.25) is 0 Å². The lowest BCUT2D eigenvalue weighted by Crippen LogP contribution is -2.23. The van der Waals surface area contributed by atoms with Gasteiger partial charge >= 0.3 is 0 Å². The molecule has 20 heavy (non-hydrogen) atoms. The molecule has 1 amide bonds. The summed E-state index contributed by atoms with van der Waals surface area (Å²) in [5, 5.41) is 2.88. The molecule has 0 spiro atoms. The number of benzene rings is 1. The van der Waals surface area contributed by atoms with Crippen LogP contribution in [-0.4, -0.2) is 26.2 Å². The highest BCUT2D eigenvalue weighted by Crippen LogP contribution is 2.24. The van der Waals surface area contributed by atoms with Gasteiger partial charge in [-0.2, -0.15) is 0 Å². The summed E-state index contributed by atoms with van der Waals surface area (Å²) in [6.07, 6.45) is 2.52. The number of methoxy groups -OCH3 is 1. The standard InChI is InChI=1S/C16H22BrNO2/c1-12(2)15(13-5-7-14(17)8-6-13)11-16(19)18-9-4-10-20-3/h5-8,11-12H,4,9-10H2,1-3H3,(H,18,19)/b15-11+. The van der Waals surface area contributed by atoms with Crippen molar-refractivity contribution in [2.45, 2.75) is 20.3 Å². The molecule has 4 heteroatoms. The van der Waals surface area contributed by atoms with Gasteiger partial charge in [-0.05, 0) is 35.6 Å². The third-order valence-corrected chi connectivity index (χ3v) is 3.44. The second-order valence-electron chi connectivity index (χ2n) is 4.90.